The van der Waals surface area contributed by atoms with Gasteiger partial charge in [0.2, 0.25) is 0 Å². The molecule has 10 aromatic rings. The number of hydrogen-bond donors (Lipinski definition) is 0. The Kier molecular flexibility index (Phi) is 7.35. The first-order chi connectivity index (χ1) is 27.3. The quantitative estimate of drug-likeness (QED) is 0.157. The summed E-state index contributed by atoms with van der Waals surface area (Å²) in [5.41, 5.74) is 15.0. The highest BCUT2D eigenvalue weighted by Crippen LogP contribution is 2.47. The second-order valence-corrected chi connectivity index (χ2v) is 14.7. The summed E-state index contributed by atoms with van der Waals surface area (Å²) in [5.74, 6) is 0. The zero-order valence-corrected chi connectivity index (χ0v) is 30.3. The van der Waals surface area contributed by atoms with Crippen molar-refractivity contribution in [2.45, 2.75) is 6.42 Å². The van der Waals surface area contributed by atoms with Crippen LogP contribution in [0.4, 0.5) is 0 Å². The van der Waals surface area contributed by atoms with E-state index in [1.54, 1.807) is 0 Å². The molecule has 1 aliphatic carbocycles. The van der Waals surface area contributed by atoms with Crippen molar-refractivity contribution in [3.8, 4) is 55.6 Å². The standard InChI is InChI=1S/C55H36/c1-3-13-36(14-4-1)37-25-27-38(28-26-37)44-19-7-8-22-46(44)55-49-21-6-2-5-20-47(49)53(48-23-9-10-24-50(48)55)43-18-12-17-42(35-43)45-33-31-41-30-29-39-15-11-16-40-32-34-51(45)54(41)52(39)40/h1,3-35H,2H2. The average molecular weight is 697 g/mol. The Balaban J connectivity index is 1.11. The minimum atomic E-state index is 0.898. The van der Waals surface area contributed by atoms with Gasteiger partial charge in [-0.05, 0) is 122 Å². The molecule has 10 aromatic carbocycles. The van der Waals surface area contributed by atoms with Crippen LogP contribution in [0.2, 0.25) is 0 Å². The van der Waals surface area contributed by atoms with Gasteiger partial charge >= 0.3 is 0 Å². The summed E-state index contributed by atoms with van der Waals surface area (Å²) < 4.78 is 0. The van der Waals surface area contributed by atoms with E-state index in [1.165, 1.54) is 110 Å². The van der Waals surface area contributed by atoms with Crippen LogP contribution >= 0.6 is 0 Å². The van der Waals surface area contributed by atoms with E-state index in [1.807, 2.05) is 0 Å². The molecular formula is C55H36. The van der Waals surface area contributed by atoms with Gasteiger partial charge in [0, 0.05) is 0 Å². The summed E-state index contributed by atoms with van der Waals surface area (Å²) in [5, 5.41) is 10.4. The van der Waals surface area contributed by atoms with Crippen LogP contribution in [0.15, 0.2) is 194 Å². The summed E-state index contributed by atoms with van der Waals surface area (Å²) >= 11 is 0. The van der Waals surface area contributed by atoms with Crippen LogP contribution in [0, 0.1) is 0 Å². The molecule has 0 heteroatoms. The molecule has 0 amide bonds. The third kappa shape index (κ3) is 5.14. The molecule has 0 aromatic heterocycles. The minimum Gasteiger partial charge on any atom is -0.0801 e. The van der Waals surface area contributed by atoms with Gasteiger partial charge in [-0.3, -0.25) is 0 Å². The van der Waals surface area contributed by atoms with E-state index in [9.17, 15) is 0 Å². The molecule has 11 rings (SSSR count). The fourth-order valence-electron chi connectivity index (χ4n) is 9.13. The normalized spacial score (nSPS) is 12.5. The van der Waals surface area contributed by atoms with E-state index in [2.05, 4.69) is 206 Å². The third-order valence-electron chi connectivity index (χ3n) is 11.6. The van der Waals surface area contributed by atoms with E-state index >= 15 is 0 Å². The van der Waals surface area contributed by atoms with Crippen molar-refractivity contribution in [3.05, 3.63) is 205 Å². The average Bonchev–Trinajstić information content (AvgIpc) is 3.51. The molecule has 0 N–H and O–H groups in total. The van der Waals surface area contributed by atoms with Crippen LogP contribution in [-0.2, 0) is 0 Å². The van der Waals surface area contributed by atoms with Gasteiger partial charge < -0.3 is 0 Å². The number of hydrogen-bond acceptors (Lipinski definition) is 0. The van der Waals surface area contributed by atoms with Gasteiger partial charge in [0.15, 0.2) is 0 Å². The highest BCUT2D eigenvalue weighted by Gasteiger charge is 2.22. The highest BCUT2D eigenvalue weighted by molar-refractivity contribution is 6.25. The van der Waals surface area contributed by atoms with E-state index < -0.39 is 0 Å². The molecule has 0 aliphatic heterocycles. The molecule has 0 unspecified atom stereocenters. The van der Waals surface area contributed by atoms with Crippen molar-refractivity contribution in [2.75, 3.05) is 0 Å². The first kappa shape index (κ1) is 31.5. The van der Waals surface area contributed by atoms with Crippen molar-refractivity contribution in [1.82, 2.24) is 0 Å². The van der Waals surface area contributed by atoms with Crippen molar-refractivity contribution in [2.24, 2.45) is 0 Å². The van der Waals surface area contributed by atoms with Crippen LogP contribution in [0.1, 0.15) is 17.5 Å². The van der Waals surface area contributed by atoms with Crippen molar-refractivity contribution in [3.63, 3.8) is 0 Å². The predicted octanol–water partition coefficient (Wildman–Crippen LogP) is 15.5. The van der Waals surface area contributed by atoms with Gasteiger partial charge in [0.25, 0.3) is 0 Å². The van der Waals surface area contributed by atoms with E-state index in [0.29, 0.717) is 0 Å². The molecule has 1 aliphatic rings. The smallest absolute Gasteiger partial charge is 0.00203 e. The molecule has 0 fully saturated rings. The van der Waals surface area contributed by atoms with Crippen LogP contribution < -0.4 is 0 Å². The number of allylic oxidation sites excluding steroid dienone is 2. The maximum atomic E-state index is 2.42. The molecule has 0 atom stereocenters. The Morgan fingerprint density at radius 1 is 0.291 bits per heavy atom. The molecule has 0 saturated heterocycles. The maximum absolute atomic E-state index is 2.42. The van der Waals surface area contributed by atoms with Gasteiger partial charge in [-0.2, -0.15) is 0 Å². The van der Waals surface area contributed by atoms with Crippen molar-refractivity contribution in [1.29, 1.82) is 0 Å². The molecule has 0 spiro atoms. The molecule has 0 nitrogen and oxygen atoms in total. The molecular weight excluding hydrogens is 661 g/mol. The molecule has 256 valence electrons. The number of benzene rings is 10. The van der Waals surface area contributed by atoms with E-state index in [0.717, 1.165) is 6.42 Å². The van der Waals surface area contributed by atoms with E-state index in [-0.39, 0.29) is 0 Å². The fraction of sp³-hybridized carbons (Fsp3) is 0.0182. The molecule has 0 heterocycles. The van der Waals surface area contributed by atoms with Crippen molar-refractivity contribution < 1.29 is 0 Å². The fourth-order valence-corrected chi connectivity index (χ4v) is 9.13. The highest BCUT2D eigenvalue weighted by atomic mass is 14.3. The number of fused-ring (bicyclic) bond motifs is 2. The first-order valence-electron chi connectivity index (χ1n) is 19.2. The summed E-state index contributed by atoms with van der Waals surface area (Å²) in [4.78, 5) is 0. The Bertz CT molecular complexity index is 3120. The third-order valence-corrected chi connectivity index (χ3v) is 11.6. The molecule has 0 saturated carbocycles. The zero-order chi connectivity index (χ0) is 36.3. The number of rotatable bonds is 5. The Morgan fingerprint density at radius 2 is 0.836 bits per heavy atom. The second-order valence-electron chi connectivity index (χ2n) is 14.7. The lowest BCUT2D eigenvalue weighted by Gasteiger charge is -2.22. The molecule has 0 bridgehead atoms. The van der Waals surface area contributed by atoms with Gasteiger partial charge in [-0.15, -0.1) is 0 Å². The molecule has 0 radical (unpaired) electrons. The Morgan fingerprint density at radius 3 is 1.62 bits per heavy atom. The maximum Gasteiger partial charge on any atom is -0.00203 e. The SMILES string of the molecule is C1=Cc2c(c(-c3ccccc3-c3ccc(-c4ccccc4)cc3)c3ccccc3c2-c2cccc(-c3ccc4ccc5cccc6ccc3c4c56)c2)C=CC1. The molecule has 55 heavy (non-hydrogen) atoms. The van der Waals surface area contributed by atoms with Crippen LogP contribution in [0.5, 0.6) is 0 Å². The van der Waals surface area contributed by atoms with Crippen LogP contribution in [0.25, 0.3) is 111 Å². The van der Waals surface area contributed by atoms with E-state index in [4.69, 9.17) is 0 Å². The Labute approximate surface area is 321 Å². The topological polar surface area (TPSA) is 0 Å². The lowest BCUT2D eigenvalue weighted by Crippen LogP contribution is -1.97. The predicted molar refractivity (Wildman–Crippen MR) is 238 cm³/mol. The summed E-state index contributed by atoms with van der Waals surface area (Å²) in [6.07, 6.45) is 10.2. The van der Waals surface area contributed by atoms with Crippen LogP contribution in [-0.4, -0.2) is 0 Å². The second kappa shape index (κ2) is 12.8. The lowest BCUT2D eigenvalue weighted by molar-refractivity contribution is 1.44. The summed E-state index contributed by atoms with van der Waals surface area (Å²) in [7, 11) is 0. The van der Waals surface area contributed by atoms with Gasteiger partial charge in [-0.1, -0.05) is 200 Å². The van der Waals surface area contributed by atoms with Gasteiger partial charge in [0.05, 0.1) is 0 Å². The zero-order valence-electron chi connectivity index (χ0n) is 30.3. The summed E-state index contributed by atoms with van der Waals surface area (Å²) in [6, 6.07) is 67.2. The largest absolute Gasteiger partial charge is 0.0801 e. The van der Waals surface area contributed by atoms with Crippen LogP contribution in [0.3, 0.4) is 0 Å². The minimum absolute atomic E-state index is 0.898. The van der Waals surface area contributed by atoms with Crippen molar-refractivity contribution >= 4 is 55.2 Å². The first-order valence-corrected chi connectivity index (χ1v) is 19.2. The summed E-state index contributed by atoms with van der Waals surface area (Å²) in [6.45, 7) is 0. The van der Waals surface area contributed by atoms with Gasteiger partial charge in [-0.25, -0.2) is 0 Å². The monoisotopic (exact) mass is 696 g/mol. The Hall–Kier alpha value is -7.02. The lowest BCUT2D eigenvalue weighted by atomic mass is 9.81. The van der Waals surface area contributed by atoms with Gasteiger partial charge in [0.1, 0.15) is 0 Å².